The topological polar surface area (TPSA) is 63.8 Å². The Bertz CT molecular complexity index is 708. The first-order valence-corrected chi connectivity index (χ1v) is 6.70. The van der Waals surface area contributed by atoms with Crippen molar-refractivity contribution in [1.82, 2.24) is 20.3 Å². The fourth-order valence-electron chi connectivity index (χ4n) is 1.97. The maximum Gasteiger partial charge on any atom is 0.208 e. The van der Waals surface area contributed by atoms with E-state index < -0.39 is 0 Å². The number of fused-ring (bicyclic) bond motifs is 1. The number of aromatic nitrogens is 3. The van der Waals surface area contributed by atoms with Gasteiger partial charge in [0.05, 0.1) is 35.7 Å². The summed E-state index contributed by atoms with van der Waals surface area (Å²) in [5, 5.41) is 3.26. The molecule has 2 aromatic heterocycles. The van der Waals surface area contributed by atoms with Crippen LogP contribution in [0.3, 0.4) is 0 Å². The van der Waals surface area contributed by atoms with Crippen molar-refractivity contribution in [2.45, 2.75) is 26.4 Å². The molecule has 2 heterocycles. The quantitative estimate of drug-likeness (QED) is 0.770. The number of aryl methyl sites for hydroxylation is 1. The maximum absolute atomic E-state index is 5.53. The fourth-order valence-corrected chi connectivity index (χ4v) is 1.97. The molecular weight excluding hydrogens is 252 g/mol. The highest BCUT2D eigenvalue weighted by atomic mass is 16.4. The molecule has 1 aromatic carbocycles. The number of nitrogens with zero attached hydrogens (tertiary/aromatic N) is 3. The van der Waals surface area contributed by atoms with Crippen molar-refractivity contribution in [3.63, 3.8) is 0 Å². The first-order valence-electron chi connectivity index (χ1n) is 6.70. The van der Waals surface area contributed by atoms with Crippen molar-refractivity contribution >= 4 is 11.0 Å². The molecular formula is C15H16N4O. The molecule has 5 nitrogen and oxygen atoms in total. The van der Waals surface area contributed by atoms with Gasteiger partial charge in [-0.05, 0) is 12.1 Å². The molecule has 20 heavy (non-hydrogen) atoms. The maximum atomic E-state index is 5.53. The summed E-state index contributed by atoms with van der Waals surface area (Å²) in [6.07, 6.45) is 4.43. The third-order valence-electron chi connectivity index (χ3n) is 3.03. The predicted octanol–water partition coefficient (Wildman–Crippen LogP) is 2.47. The Hall–Kier alpha value is -2.27. The smallest absolute Gasteiger partial charge is 0.208 e. The van der Waals surface area contributed by atoms with E-state index >= 15 is 0 Å². The lowest BCUT2D eigenvalue weighted by Crippen LogP contribution is -2.14. The second-order valence-corrected chi connectivity index (χ2v) is 4.53. The van der Waals surface area contributed by atoms with Crippen LogP contribution in [-0.4, -0.2) is 15.0 Å². The molecule has 0 aliphatic rings. The van der Waals surface area contributed by atoms with Crippen LogP contribution in [0, 0.1) is 0 Å². The van der Waals surface area contributed by atoms with Gasteiger partial charge in [0.1, 0.15) is 5.76 Å². The molecule has 1 N–H and O–H groups in total. The van der Waals surface area contributed by atoms with E-state index in [4.69, 9.17) is 4.42 Å². The van der Waals surface area contributed by atoms with E-state index in [-0.39, 0.29) is 0 Å². The Morgan fingerprint density at radius 2 is 1.90 bits per heavy atom. The van der Waals surface area contributed by atoms with Crippen LogP contribution >= 0.6 is 0 Å². The largest absolute Gasteiger partial charge is 0.444 e. The summed E-state index contributed by atoms with van der Waals surface area (Å²) >= 11 is 0. The van der Waals surface area contributed by atoms with Crippen LogP contribution in [0.2, 0.25) is 0 Å². The summed E-state index contributed by atoms with van der Waals surface area (Å²) in [6.45, 7) is 3.28. The third-order valence-corrected chi connectivity index (χ3v) is 3.03. The summed E-state index contributed by atoms with van der Waals surface area (Å²) in [4.78, 5) is 13.1. The molecule has 0 unspecified atom stereocenters. The zero-order chi connectivity index (χ0) is 13.8. The summed E-state index contributed by atoms with van der Waals surface area (Å²) < 4.78 is 5.53. The number of oxazole rings is 1. The van der Waals surface area contributed by atoms with E-state index in [0.717, 1.165) is 28.9 Å². The van der Waals surface area contributed by atoms with Crippen LogP contribution in [0.1, 0.15) is 24.3 Å². The molecule has 5 heteroatoms. The third kappa shape index (κ3) is 2.83. The van der Waals surface area contributed by atoms with Gasteiger partial charge in [0, 0.05) is 13.0 Å². The van der Waals surface area contributed by atoms with Crippen molar-refractivity contribution < 1.29 is 4.42 Å². The highest BCUT2D eigenvalue weighted by Crippen LogP contribution is 2.08. The first-order chi connectivity index (χ1) is 9.85. The number of nitrogens with one attached hydrogen (secondary N) is 1. The molecule has 0 aliphatic heterocycles. The van der Waals surface area contributed by atoms with Crippen LogP contribution in [0.4, 0.5) is 0 Å². The van der Waals surface area contributed by atoms with Crippen LogP contribution in [0.15, 0.2) is 41.1 Å². The number of rotatable bonds is 5. The Morgan fingerprint density at radius 3 is 2.70 bits per heavy atom. The summed E-state index contributed by atoms with van der Waals surface area (Å²) in [7, 11) is 0. The van der Waals surface area contributed by atoms with Gasteiger partial charge in [-0.3, -0.25) is 4.98 Å². The Balaban J connectivity index is 1.62. The Kier molecular flexibility index (Phi) is 3.69. The van der Waals surface area contributed by atoms with Gasteiger partial charge >= 0.3 is 0 Å². The van der Waals surface area contributed by atoms with E-state index in [0.29, 0.717) is 19.0 Å². The number of hydrogen-bond acceptors (Lipinski definition) is 5. The molecule has 0 aliphatic carbocycles. The molecule has 102 valence electrons. The van der Waals surface area contributed by atoms with Crippen LogP contribution in [0.5, 0.6) is 0 Å². The molecule has 0 spiro atoms. The lowest BCUT2D eigenvalue weighted by atomic mass is 10.3. The van der Waals surface area contributed by atoms with Gasteiger partial charge in [0.2, 0.25) is 5.89 Å². The minimum atomic E-state index is 0.592. The van der Waals surface area contributed by atoms with Gasteiger partial charge in [-0.15, -0.1) is 0 Å². The summed E-state index contributed by atoms with van der Waals surface area (Å²) in [5.41, 5.74) is 2.73. The molecule has 0 fully saturated rings. The Morgan fingerprint density at radius 1 is 1.05 bits per heavy atom. The molecule has 0 bridgehead atoms. The van der Waals surface area contributed by atoms with Crippen molar-refractivity contribution in [3.05, 3.63) is 54.0 Å². The highest BCUT2D eigenvalue weighted by Gasteiger charge is 2.03. The van der Waals surface area contributed by atoms with Crippen molar-refractivity contribution in [3.8, 4) is 0 Å². The minimum Gasteiger partial charge on any atom is -0.444 e. The molecule has 0 amide bonds. The first kappa shape index (κ1) is 12.7. The second-order valence-electron chi connectivity index (χ2n) is 4.53. The van der Waals surface area contributed by atoms with Gasteiger partial charge in [0.25, 0.3) is 0 Å². The summed E-state index contributed by atoms with van der Waals surface area (Å²) in [5.74, 6) is 1.61. The molecule has 0 saturated carbocycles. The molecule has 0 saturated heterocycles. The zero-order valence-corrected chi connectivity index (χ0v) is 11.3. The monoisotopic (exact) mass is 268 g/mol. The van der Waals surface area contributed by atoms with Gasteiger partial charge in [-0.2, -0.15) is 0 Å². The molecule has 3 rings (SSSR count). The predicted molar refractivity (Wildman–Crippen MR) is 76.0 cm³/mol. The standard InChI is InChI=1S/C15H16N4O/c1-2-12-9-18-15(20-12)10-16-7-11-8-17-13-5-3-4-6-14(13)19-11/h3-6,8-9,16H,2,7,10H2,1H3. The average molecular weight is 268 g/mol. The Labute approximate surface area is 117 Å². The van der Waals surface area contributed by atoms with Crippen molar-refractivity contribution in [2.75, 3.05) is 0 Å². The highest BCUT2D eigenvalue weighted by molar-refractivity contribution is 5.73. The average Bonchev–Trinajstić information content (AvgIpc) is 2.95. The van der Waals surface area contributed by atoms with Crippen LogP contribution in [-0.2, 0) is 19.5 Å². The normalized spacial score (nSPS) is 11.1. The van der Waals surface area contributed by atoms with E-state index in [9.17, 15) is 0 Å². The van der Waals surface area contributed by atoms with Crippen molar-refractivity contribution in [2.24, 2.45) is 0 Å². The number of hydrogen-bond donors (Lipinski definition) is 1. The van der Waals surface area contributed by atoms with Gasteiger partial charge in [-0.1, -0.05) is 19.1 Å². The van der Waals surface area contributed by atoms with Gasteiger partial charge < -0.3 is 9.73 Å². The van der Waals surface area contributed by atoms with E-state index in [1.165, 1.54) is 0 Å². The second kappa shape index (κ2) is 5.79. The van der Waals surface area contributed by atoms with Crippen LogP contribution in [0.25, 0.3) is 11.0 Å². The minimum absolute atomic E-state index is 0.592. The summed E-state index contributed by atoms with van der Waals surface area (Å²) in [6, 6.07) is 7.85. The number of para-hydroxylation sites is 2. The molecule has 0 atom stereocenters. The fraction of sp³-hybridized carbons (Fsp3) is 0.267. The van der Waals surface area contributed by atoms with Gasteiger partial charge in [0.15, 0.2) is 0 Å². The van der Waals surface area contributed by atoms with Gasteiger partial charge in [-0.25, -0.2) is 9.97 Å². The van der Waals surface area contributed by atoms with Crippen LogP contribution < -0.4 is 5.32 Å². The SMILES string of the molecule is CCc1cnc(CNCc2cnc3ccccc3n2)o1. The van der Waals surface area contributed by atoms with E-state index in [1.54, 1.807) is 12.4 Å². The van der Waals surface area contributed by atoms with Crippen molar-refractivity contribution in [1.29, 1.82) is 0 Å². The molecule has 0 radical (unpaired) electrons. The lowest BCUT2D eigenvalue weighted by molar-refractivity contribution is 0.438. The van der Waals surface area contributed by atoms with E-state index in [1.807, 2.05) is 31.2 Å². The molecule has 3 aromatic rings. The lowest BCUT2D eigenvalue weighted by Gasteiger charge is -2.03. The number of benzene rings is 1. The zero-order valence-electron chi connectivity index (χ0n) is 11.3. The van der Waals surface area contributed by atoms with E-state index in [2.05, 4.69) is 20.3 Å².